The number of methoxy groups -OCH3 is 2. The van der Waals surface area contributed by atoms with Crippen LogP contribution in [0.25, 0.3) is 16.6 Å². The highest BCUT2D eigenvalue weighted by Crippen LogP contribution is 2.28. The van der Waals surface area contributed by atoms with Crippen LogP contribution in [0.2, 0.25) is 0 Å². The van der Waals surface area contributed by atoms with Gasteiger partial charge in [0.15, 0.2) is 5.16 Å². The third-order valence-electron chi connectivity index (χ3n) is 4.09. The molecule has 0 aliphatic heterocycles. The smallest absolute Gasteiger partial charge is 0.306 e. The summed E-state index contributed by atoms with van der Waals surface area (Å²) in [6.45, 7) is 1.95. The number of hydrogen-bond acceptors (Lipinski definition) is 6. The summed E-state index contributed by atoms with van der Waals surface area (Å²) >= 11 is 1.34. The van der Waals surface area contributed by atoms with Gasteiger partial charge in [0.05, 0.1) is 37.2 Å². The Labute approximate surface area is 161 Å². The standard InChI is InChI=1S/C20H20N2O4S/c1-13-8-9-17(25-2)16(12-13)22-19(24)14-6-4-5-7-15(14)21-20(22)27-11-10-18(23)26-3/h4-9,12H,10-11H2,1-3H3. The number of fused-ring (bicyclic) bond motifs is 1. The van der Waals surface area contributed by atoms with Gasteiger partial charge in [0.25, 0.3) is 5.56 Å². The summed E-state index contributed by atoms with van der Waals surface area (Å²) in [4.78, 5) is 29.3. The van der Waals surface area contributed by atoms with Gasteiger partial charge in [-0.25, -0.2) is 4.98 Å². The van der Waals surface area contributed by atoms with Crippen LogP contribution in [0.1, 0.15) is 12.0 Å². The van der Waals surface area contributed by atoms with Crippen molar-refractivity contribution in [3.8, 4) is 11.4 Å². The van der Waals surface area contributed by atoms with E-state index in [9.17, 15) is 9.59 Å². The van der Waals surface area contributed by atoms with Gasteiger partial charge < -0.3 is 9.47 Å². The van der Waals surface area contributed by atoms with Gasteiger partial charge in [-0.1, -0.05) is 30.0 Å². The fourth-order valence-electron chi connectivity index (χ4n) is 2.72. The quantitative estimate of drug-likeness (QED) is 0.369. The largest absolute Gasteiger partial charge is 0.495 e. The number of aromatic nitrogens is 2. The molecule has 0 aliphatic rings. The molecule has 0 bridgehead atoms. The van der Waals surface area contributed by atoms with Crippen LogP contribution in [0.4, 0.5) is 0 Å². The molecule has 27 heavy (non-hydrogen) atoms. The van der Waals surface area contributed by atoms with Crippen LogP contribution in [0, 0.1) is 6.92 Å². The lowest BCUT2D eigenvalue weighted by atomic mass is 10.2. The minimum Gasteiger partial charge on any atom is -0.495 e. The number of benzene rings is 2. The Bertz CT molecular complexity index is 1050. The number of esters is 1. The second kappa shape index (κ2) is 8.26. The van der Waals surface area contributed by atoms with Crippen molar-refractivity contribution in [1.29, 1.82) is 0 Å². The molecule has 1 aromatic heterocycles. The van der Waals surface area contributed by atoms with Gasteiger partial charge in [0, 0.05) is 5.75 Å². The van der Waals surface area contributed by atoms with Crippen molar-refractivity contribution < 1.29 is 14.3 Å². The van der Waals surface area contributed by atoms with Gasteiger partial charge in [0.2, 0.25) is 0 Å². The van der Waals surface area contributed by atoms with E-state index in [1.54, 1.807) is 23.8 Å². The second-order valence-electron chi connectivity index (χ2n) is 5.90. The summed E-state index contributed by atoms with van der Waals surface area (Å²) < 4.78 is 11.7. The molecule has 3 aromatic rings. The van der Waals surface area contributed by atoms with Crippen molar-refractivity contribution in [3.05, 3.63) is 58.4 Å². The molecule has 0 aliphatic carbocycles. The zero-order valence-corrected chi connectivity index (χ0v) is 16.2. The van der Waals surface area contributed by atoms with Crippen LogP contribution >= 0.6 is 11.8 Å². The molecule has 0 fully saturated rings. The molecular formula is C20H20N2O4S. The first-order valence-corrected chi connectivity index (χ1v) is 9.40. The molecule has 0 unspecified atom stereocenters. The van der Waals surface area contributed by atoms with Crippen LogP contribution in [0.15, 0.2) is 52.4 Å². The first-order valence-electron chi connectivity index (χ1n) is 8.41. The van der Waals surface area contributed by atoms with Crippen LogP contribution in [-0.4, -0.2) is 35.5 Å². The third-order valence-corrected chi connectivity index (χ3v) is 5.03. The number of hydrogen-bond donors (Lipinski definition) is 0. The van der Waals surface area contributed by atoms with Gasteiger partial charge >= 0.3 is 5.97 Å². The lowest BCUT2D eigenvalue weighted by Crippen LogP contribution is -2.22. The van der Waals surface area contributed by atoms with E-state index in [0.717, 1.165) is 5.56 Å². The highest BCUT2D eigenvalue weighted by molar-refractivity contribution is 7.99. The normalized spacial score (nSPS) is 10.8. The summed E-state index contributed by atoms with van der Waals surface area (Å²) in [7, 11) is 2.92. The Hall–Kier alpha value is -2.80. The average molecular weight is 384 g/mol. The zero-order valence-electron chi connectivity index (χ0n) is 15.4. The molecule has 6 nitrogen and oxygen atoms in total. The number of para-hydroxylation sites is 1. The third kappa shape index (κ3) is 3.98. The molecule has 140 valence electrons. The first-order chi connectivity index (χ1) is 13.0. The van der Waals surface area contributed by atoms with E-state index < -0.39 is 0 Å². The maximum absolute atomic E-state index is 13.2. The van der Waals surface area contributed by atoms with Crippen LogP contribution in [-0.2, 0) is 9.53 Å². The average Bonchev–Trinajstić information content (AvgIpc) is 2.68. The summed E-state index contributed by atoms with van der Waals surface area (Å²) in [5.41, 5.74) is 2.06. The van der Waals surface area contributed by atoms with E-state index in [2.05, 4.69) is 9.72 Å². The SMILES string of the molecule is COC(=O)CCSc1nc2ccccc2c(=O)n1-c1cc(C)ccc1OC. The Morgan fingerprint density at radius 3 is 2.70 bits per heavy atom. The topological polar surface area (TPSA) is 70.4 Å². The Morgan fingerprint density at radius 1 is 1.19 bits per heavy atom. The van der Waals surface area contributed by atoms with Crippen molar-refractivity contribution in [2.45, 2.75) is 18.5 Å². The van der Waals surface area contributed by atoms with E-state index in [-0.39, 0.29) is 17.9 Å². The van der Waals surface area contributed by atoms with Crippen molar-refractivity contribution in [1.82, 2.24) is 9.55 Å². The zero-order chi connectivity index (χ0) is 19.4. The lowest BCUT2D eigenvalue weighted by molar-refractivity contribution is -0.140. The molecule has 0 atom stereocenters. The number of rotatable bonds is 6. The summed E-state index contributed by atoms with van der Waals surface area (Å²) in [5, 5.41) is 1.03. The van der Waals surface area contributed by atoms with E-state index in [4.69, 9.17) is 4.74 Å². The Balaban J connectivity index is 2.18. The summed E-state index contributed by atoms with van der Waals surface area (Å²) in [6.07, 6.45) is 0.231. The van der Waals surface area contributed by atoms with Crippen molar-refractivity contribution >= 4 is 28.6 Å². The highest BCUT2D eigenvalue weighted by atomic mass is 32.2. The summed E-state index contributed by atoms with van der Waals surface area (Å²) in [5.74, 6) is 0.728. The molecule has 2 aromatic carbocycles. The monoisotopic (exact) mass is 384 g/mol. The van der Waals surface area contributed by atoms with Crippen molar-refractivity contribution in [2.24, 2.45) is 0 Å². The minimum atomic E-state index is -0.301. The number of carbonyl (C=O) groups excluding carboxylic acids is 1. The number of carbonyl (C=O) groups is 1. The van der Waals surface area contributed by atoms with Crippen LogP contribution < -0.4 is 10.3 Å². The molecule has 0 N–H and O–H groups in total. The van der Waals surface area contributed by atoms with Crippen molar-refractivity contribution in [2.75, 3.05) is 20.0 Å². The molecule has 0 amide bonds. The Kier molecular flexibility index (Phi) is 5.81. The predicted molar refractivity (Wildman–Crippen MR) is 106 cm³/mol. The predicted octanol–water partition coefficient (Wildman–Crippen LogP) is 3.36. The van der Waals surface area contributed by atoms with Crippen LogP contribution in [0.5, 0.6) is 5.75 Å². The van der Waals surface area contributed by atoms with Crippen LogP contribution in [0.3, 0.4) is 0 Å². The molecule has 0 spiro atoms. The number of ether oxygens (including phenoxy) is 2. The Morgan fingerprint density at radius 2 is 1.96 bits per heavy atom. The molecular weight excluding hydrogens is 364 g/mol. The van der Waals surface area contributed by atoms with E-state index in [0.29, 0.717) is 33.2 Å². The molecule has 0 saturated carbocycles. The number of nitrogens with zero attached hydrogens (tertiary/aromatic N) is 2. The highest BCUT2D eigenvalue weighted by Gasteiger charge is 2.17. The fraction of sp³-hybridized carbons (Fsp3) is 0.250. The van der Waals surface area contributed by atoms with Gasteiger partial charge in [0.1, 0.15) is 5.75 Å². The maximum atomic E-state index is 13.2. The molecule has 7 heteroatoms. The maximum Gasteiger partial charge on any atom is 0.306 e. The van der Waals surface area contributed by atoms with Gasteiger partial charge in [-0.3, -0.25) is 14.2 Å². The van der Waals surface area contributed by atoms with Gasteiger partial charge in [-0.15, -0.1) is 0 Å². The second-order valence-corrected chi connectivity index (χ2v) is 6.96. The fourth-order valence-corrected chi connectivity index (χ4v) is 3.65. The van der Waals surface area contributed by atoms with Crippen molar-refractivity contribution in [3.63, 3.8) is 0 Å². The summed E-state index contributed by atoms with van der Waals surface area (Å²) in [6, 6.07) is 12.9. The number of thioether (sulfide) groups is 1. The molecule has 0 saturated heterocycles. The van der Waals surface area contributed by atoms with E-state index in [1.807, 2.05) is 37.3 Å². The van der Waals surface area contributed by atoms with E-state index >= 15 is 0 Å². The first kappa shape index (κ1) is 19.0. The van der Waals surface area contributed by atoms with Gasteiger partial charge in [-0.05, 0) is 36.8 Å². The molecule has 3 rings (SSSR count). The lowest BCUT2D eigenvalue weighted by Gasteiger charge is -2.16. The molecule has 0 radical (unpaired) electrons. The van der Waals surface area contributed by atoms with E-state index in [1.165, 1.54) is 18.9 Å². The number of aryl methyl sites for hydroxylation is 1. The van der Waals surface area contributed by atoms with Gasteiger partial charge in [-0.2, -0.15) is 0 Å². The minimum absolute atomic E-state index is 0.176. The molecule has 1 heterocycles.